The molecule has 0 spiro atoms. The molecule has 0 radical (unpaired) electrons. The van der Waals surface area contributed by atoms with Crippen LogP contribution in [-0.4, -0.2) is 17.0 Å². The van der Waals surface area contributed by atoms with Gasteiger partial charge in [0.15, 0.2) is 0 Å². The van der Waals surface area contributed by atoms with E-state index in [1.54, 1.807) is 0 Å². The number of hydrogen-bond acceptors (Lipinski definition) is 2. The van der Waals surface area contributed by atoms with Crippen LogP contribution in [0.2, 0.25) is 0 Å². The molecule has 0 aromatic rings. The fraction of sp³-hybridized carbons (Fsp3) is 0.828. The zero-order valence-electron chi connectivity index (χ0n) is 21.1. The van der Waals surface area contributed by atoms with Gasteiger partial charge in [-0.1, -0.05) is 57.9 Å². The highest BCUT2D eigenvalue weighted by Crippen LogP contribution is 2.68. The number of aliphatic hydroxyl groups is 1. The molecule has 4 aliphatic rings. The number of hydrogen-bond donors (Lipinski definition) is 1. The quantitative estimate of drug-likeness (QED) is 0.486. The Morgan fingerprint density at radius 1 is 1.16 bits per heavy atom. The van der Waals surface area contributed by atoms with Crippen LogP contribution in [-0.2, 0) is 4.79 Å². The van der Waals surface area contributed by atoms with Crippen molar-refractivity contribution in [2.45, 2.75) is 106 Å². The zero-order valence-corrected chi connectivity index (χ0v) is 21.1. The molecule has 4 rings (SSSR count). The Balaban J connectivity index is 1.62. The van der Waals surface area contributed by atoms with Crippen LogP contribution in [0.5, 0.6) is 0 Å². The third-order valence-electron chi connectivity index (χ3n) is 10.7. The van der Waals surface area contributed by atoms with Gasteiger partial charge in [-0.2, -0.15) is 0 Å². The second-order valence-electron chi connectivity index (χ2n) is 12.9. The second kappa shape index (κ2) is 7.86. The average molecular weight is 427 g/mol. The van der Waals surface area contributed by atoms with Crippen molar-refractivity contribution in [3.05, 3.63) is 23.3 Å². The van der Waals surface area contributed by atoms with Gasteiger partial charge in [0.2, 0.25) is 0 Å². The van der Waals surface area contributed by atoms with Crippen LogP contribution in [0.3, 0.4) is 0 Å². The molecule has 174 valence electrons. The number of ketones is 1. The number of Topliss-reactive ketones (excluding diaryl/α,β-unsaturated/α-hetero) is 1. The van der Waals surface area contributed by atoms with Crippen LogP contribution >= 0.6 is 0 Å². The van der Waals surface area contributed by atoms with Crippen LogP contribution < -0.4 is 0 Å². The van der Waals surface area contributed by atoms with E-state index in [-0.39, 0.29) is 22.3 Å². The van der Waals surface area contributed by atoms with Crippen molar-refractivity contribution in [1.29, 1.82) is 0 Å². The maximum Gasteiger partial charge on any atom is 0.139 e. The van der Waals surface area contributed by atoms with Gasteiger partial charge in [0.25, 0.3) is 0 Å². The minimum atomic E-state index is -0.259. The lowest BCUT2D eigenvalue weighted by Gasteiger charge is -2.60. The number of aliphatic hydroxyl groups excluding tert-OH is 1. The second-order valence-corrected chi connectivity index (χ2v) is 12.9. The van der Waals surface area contributed by atoms with Crippen LogP contribution in [0.25, 0.3) is 0 Å². The molecule has 2 heteroatoms. The zero-order chi connectivity index (χ0) is 22.8. The van der Waals surface area contributed by atoms with Crippen molar-refractivity contribution in [2.24, 2.45) is 45.8 Å². The molecule has 0 aromatic heterocycles. The predicted octanol–water partition coefficient (Wildman–Crippen LogP) is 7.12. The molecule has 2 nitrogen and oxygen atoms in total. The summed E-state index contributed by atoms with van der Waals surface area (Å²) in [6.45, 7) is 16.0. The number of carbonyl (C=O) groups is 1. The summed E-state index contributed by atoms with van der Waals surface area (Å²) in [7, 11) is 0. The summed E-state index contributed by atoms with van der Waals surface area (Å²) in [4.78, 5) is 13.9. The standard InChI is InChI=1S/C29H46O2/c1-18(2)9-8-10-19(3)21-12-13-22-20-11-14-24-27(4,5)25(30)15-16-28(24,6)23(20)17-26(31)29(21,22)7/h9,14,19-23,25,30H,8,10-13,15-17H2,1-7H3/t19-,20+,21-,22+,23+,25-,28-,29-/m1/s1. The molecule has 4 aliphatic carbocycles. The SMILES string of the molecule is CC(C)=CCC[C@@H](C)[C@H]1CC[C@H]2[C@@H]3CC=C4C(C)(C)[C@H](O)CC[C@]4(C)[C@H]3CC(=O)[C@]12C. The van der Waals surface area contributed by atoms with Crippen LogP contribution in [0.15, 0.2) is 23.3 Å². The Hall–Kier alpha value is -0.890. The van der Waals surface area contributed by atoms with Crippen molar-refractivity contribution >= 4 is 5.78 Å². The first-order chi connectivity index (χ1) is 14.4. The molecule has 0 heterocycles. The first-order valence-corrected chi connectivity index (χ1v) is 13.0. The number of allylic oxidation sites excluding steroid dienone is 3. The van der Waals surface area contributed by atoms with Gasteiger partial charge >= 0.3 is 0 Å². The van der Waals surface area contributed by atoms with Crippen molar-refractivity contribution in [1.82, 2.24) is 0 Å². The van der Waals surface area contributed by atoms with E-state index in [0.29, 0.717) is 35.4 Å². The van der Waals surface area contributed by atoms with E-state index in [4.69, 9.17) is 0 Å². The Kier molecular flexibility index (Phi) is 5.90. The van der Waals surface area contributed by atoms with E-state index in [1.165, 1.54) is 30.4 Å². The summed E-state index contributed by atoms with van der Waals surface area (Å²) in [6.07, 6.45) is 13.2. The molecular formula is C29H46O2. The van der Waals surface area contributed by atoms with Crippen molar-refractivity contribution in [2.75, 3.05) is 0 Å². The summed E-state index contributed by atoms with van der Waals surface area (Å²) < 4.78 is 0. The number of fused-ring (bicyclic) bond motifs is 5. The maximum absolute atomic E-state index is 13.9. The molecule has 1 N–H and O–H groups in total. The normalized spacial score (nSPS) is 44.6. The van der Waals surface area contributed by atoms with Gasteiger partial charge in [-0.25, -0.2) is 0 Å². The van der Waals surface area contributed by atoms with Gasteiger partial charge in [0.1, 0.15) is 5.78 Å². The number of carbonyl (C=O) groups excluding carboxylic acids is 1. The fourth-order valence-corrected chi connectivity index (χ4v) is 8.88. The minimum absolute atomic E-state index is 0.0792. The highest BCUT2D eigenvalue weighted by Gasteiger charge is 2.64. The molecule has 0 saturated heterocycles. The lowest BCUT2D eigenvalue weighted by atomic mass is 9.44. The van der Waals surface area contributed by atoms with Gasteiger partial charge in [-0.3, -0.25) is 4.79 Å². The summed E-state index contributed by atoms with van der Waals surface area (Å²) in [5.41, 5.74) is 2.63. The van der Waals surface area contributed by atoms with Crippen molar-refractivity contribution < 1.29 is 9.90 Å². The molecular weight excluding hydrogens is 380 g/mol. The topological polar surface area (TPSA) is 37.3 Å². The third kappa shape index (κ3) is 3.42. The highest BCUT2D eigenvalue weighted by molar-refractivity contribution is 5.87. The Morgan fingerprint density at radius 3 is 2.55 bits per heavy atom. The van der Waals surface area contributed by atoms with Crippen LogP contribution in [0.1, 0.15) is 99.8 Å². The van der Waals surface area contributed by atoms with Gasteiger partial charge in [-0.15, -0.1) is 0 Å². The largest absolute Gasteiger partial charge is 0.392 e. The minimum Gasteiger partial charge on any atom is -0.392 e. The van der Waals surface area contributed by atoms with Gasteiger partial charge in [0, 0.05) is 17.3 Å². The van der Waals surface area contributed by atoms with Gasteiger partial charge in [-0.05, 0) is 93.8 Å². The fourth-order valence-electron chi connectivity index (χ4n) is 8.88. The predicted molar refractivity (Wildman–Crippen MR) is 129 cm³/mol. The van der Waals surface area contributed by atoms with E-state index in [1.807, 2.05) is 0 Å². The summed E-state index contributed by atoms with van der Waals surface area (Å²) in [6, 6.07) is 0. The lowest BCUT2D eigenvalue weighted by Crippen LogP contribution is -2.57. The first kappa shape index (κ1) is 23.3. The highest BCUT2D eigenvalue weighted by atomic mass is 16.3. The molecule has 0 unspecified atom stereocenters. The van der Waals surface area contributed by atoms with E-state index >= 15 is 0 Å². The smallest absolute Gasteiger partial charge is 0.139 e. The maximum atomic E-state index is 13.9. The third-order valence-corrected chi connectivity index (χ3v) is 10.7. The van der Waals surface area contributed by atoms with E-state index < -0.39 is 0 Å². The van der Waals surface area contributed by atoms with Crippen molar-refractivity contribution in [3.63, 3.8) is 0 Å². The monoisotopic (exact) mass is 426 g/mol. The van der Waals surface area contributed by atoms with Crippen LogP contribution in [0.4, 0.5) is 0 Å². The lowest BCUT2D eigenvalue weighted by molar-refractivity contribution is -0.149. The molecule has 0 bridgehead atoms. The molecule has 0 amide bonds. The van der Waals surface area contributed by atoms with E-state index in [2.05, 4.69) is 60.6 Å². The van der Waals surface area contributed by atoms with Gasteiger partial charge in [0.05, 0.1) is 6.10 Å². The first-order valence-electron chi connectivity index (χ1n) is 13.0. The Labute approximate surface area is 191 Å². The summed E-state index contributed by atoms with van der Waals surface area (Å²) in [5.74, 6) is 3.35. The molecule has 0 aromatic carbocycles. The van der Waals surface area contributed by atoms with Crippen LogP contribution in [0, 0.1) is 45.8 Å². The van der Waals surface area contributed by atoms with E-state index in [9.17, 15) is 9.90 Å². The number of rotatable bonds is 4. The Bertz CT molecular complexity index is 785. The molecule has 31 heavy (non-hydrogen) atoms. The van der Waals surface area contributed by atoms with E-state index in [0.717, 1.165) is 32.1 Å². The molecule has 3 fully saturated rings. The molecule has 8 atom stereocenters. The Morgan fingerprint density at radius 2 is 1.87 bits per heavy atom. The summed E-state index contributed by atoms with van der Waals surface area (Å²) >= 11 is 0. The van der Waals surface area contributed by atoms with Crippen molar-refractivity contribution in [3.8, 4) is 0 Å². The average Bonchev–Trinajstić information content (AvgIpc) is 3.05. The molecule has 3 saturated carbocycles. The molecule has 0 aliphatic heterocycles. The summed E-state index contributed by atoms with van der Waals surface area (Å²) in [5, 5.41) is 10.7. The van der Waals surface area contributed by atoms with Gasteiger partial charge < -0.3 is 5.11 Å².